The maximum atomic E-state index is 12.2. The van der Waals surface area contributed by atoms with E-state index in [4.69, 9.17) is 5.73 Å². The molecule has 0 radical (unpaired) electrons. The molecule has 2 atom stereocenters. The minimum Gasteiger partial charge on any atom is -0.366 e. The van der Waals surface area contributed by atoms with Crippen LogP contribution in [0.3, 0.4) is 0 Å². The predicted molar refractivity (Wildman–Crippen MR) is 56.9 cm³/mol. The maximum absolute atomic E-state index is 12.2. The fourth-order valence-corrected chi connectivity index (χ4v) is 3.25. The lowest BCUT2D eigenvalue weighted by molar-refractivity contribution is -0.125. The second-order valence-electron chi connectivity index (χ2n) is 5.48. The average molecular weight is 207 g/mol. The highest BCUT2D eigenvalue weighted by molar-refractivity contribution is 6.08. The van der Waals surface area contributed by atoms with E-state index in [0.717, 1.165) is 12.8 Å². The van der Waals surface area contributed by atoms with Crippen LogP contribution in [0.1, 0.15) is 33.6 Å². The van der Waals surface area contributed by atoms with Crippen molar-refractivity contribution >= 4 is 11.7 Å². The van der Waals surface area contributed by atoms with Crippen LogP contribution < -0.4 is 5.73 Å². The highest BCUT2D eigenvalue weighted by Gasteiger charge is 2.63. The topological polar surface area (TPSA) is 60.2 Å². The second-order valence-corrected chi connectivity index (χ2v) is 5.48. The van der Waals surface area contributed by atoms with Gasteiger partial charge in [0.1, 0.15) is 0 Å². The molecular weight excluding hydrogens is 190 g/mol. The highest BCUT2D eigenvalue weighted by Crippen LogP contribution is 2.65. The van der Waals surface area contributed by atoms with Crippen LogP contribution in [0, 0.1) is 16.7 Å². The van der Waals surface area contributed by atoms with Crippen LogP contribution in [0.15, 0.2) is 11.6 Å². The van der Waals surface area contributed by atoms with Gasteiger partial charge in [0.2, 0.25) is 5.91 Å². The lowest BCUT2D eigenvalue weighted by Crippen LogP contribution is -2.32. The van der Waals surface area contributed by atoms with Crippen molar-refractivity contribution in [2.45, 2.75) is 33.6 Å². The summed E-state index contributed by atoms with van der Waals surface area (Å²) in [5, 5.41) is 0. The third kappa shape index (κ3) is 1.06. The number of hydrogen-bond donors (Lipinski definition) is 1. The lowest BCUT2D eigenvalue weighted by atomic mass is 9.70. The molecule has 0 unspecified atom stereocenters. The third-order valence-electron chi connectivity index (χ3n) is 4.66. The summed E-state index contributed by atoms with van der Waals surface area (Å²) in [7, 11) is 0. The molecule has 0 aromatic rings. The number of nitrogens with two attached hydrogens (primary N) is 1. The van der Waals surface area contributed by atoms with E-state index in [0.29, 0.717) is 5.57 Å². The lowest BCUT2D eigenvalue weighted by Gasteiger charge is -2.31. The van der Waals surface area contributed by atoms with E-state index in [2.05, 4.69) is 13.8 Å². The van der Waals surface area contributed by atoms with E-state index < -0.39 is 5.91 Å². The van der Waals surface area contributed by atoms with E-state index in [1.165, 1.54) is 6.08 Å². The van der Waals surface area contributed by atoms with Crippen molar-refractivity contribution in [3.63, 3.8) is 0 Å². The zero-order valence-electron chi connectivity index (χ0n) is 9.46. The minimum atomic E-state index is -0.509. The summed E-state index contributed by atoms with van der Waals surface area (Å²) >= 11 is 0. The number of primary amides is 1. The first-order valence-electron chi connectivity index (χ1n) is 5.36. The molecular formula is C12H17NO2. The van der Waals surface area contributed by atoms with Gasteiger partial charge in [-0.15, -0.1) is 0 Å². The number of hydrogen-bond acceptors (Lipinski definition) is 2. The quantitative estimate of drug-likeness (QED) is 0.661. The summed E-state index contributed by atoms with van der Waals surface area (Å²) in [5.41, 5.74) is 5.46. The van der Waals surface area contributed by atoms with E-state index >= 15 is 0 Å². The Balaban J connectivity index is 2.52. The first kappa shape index (κ1) is 10.4. The Labute approximate surface area is 89.7 Å². The summed E-state index contributed by atoms with van der Waals surface area (Å²) < 4.78 is 0. The SMILES string of the molecule is CC1(C)[C@H]2CC[C@]1(C)C(=O)C2=CC(N)=O. The van der Waals surface area contributed by atoms with Gasteiger partial charge in [0.25, 0.3) is 0 Å². The van der Waals surface area contributed by atoms with Gasteiger partial charge < -0.3 is 5.73 Å². The molecule has 0 heterocycles. The van der Waals surface area contributed by atoms with Crippen LogP contribution in [-0.4, -0.2) is 11.7 Å². The zero-order chi connectivity index (χ0) is 11.4. The minimum absolute atomic E-state index is 0.0363. The van der Waals surface area contributed by atoms with Crippen LogP contribution in [0.2, 0.25) is 0 Å². The van der Waals surface area contributed by atoms with Gasteiger partial charge in [-0.3, -0.25) is 9.59 Å². The molecule has 15 heavy (non-hydrogen) atoms. The zero-order valence-corrected chi connectivity index (χ0v) is 9.46. The van der Waals surface area contributed by atoms with Crippen LogP contribution in [0.5, 0.6) is 0 Å². The summed E-state index contributed by atoms with van der Waals surface area (Å²) in [6.45, 7) is 6.24. The molecule has 2 aliphatic rings. The van der Waals surface area contributed by atoms with Gasteiger partial charge in [0.05, 0.1) is 0 Å². The van der Waals surface area contributed by atoms with E-state index in [-0.39, 0.29) is 22.5 Å². The molecule has 0 saturated heterocycles. The molecule has 0 spiro atoms. The molecule has 1 amide bonds. The summed E-state index contributed by atoms with van der Waals surface area (Å²) in [5.74, 6) is -0.171. The molecule has 3 heteroatoms. The Bertz CT molecular complexity index is 381. The number of carbonyl (C=O) groups is 2. The Kier molecular flexibility index (Phi) is 1.88. The van der Waals surface area contributed by atoms with Gasteiger partial charge in [-0.1, -0.05) is 20.8 Å². The number of Topliss-reactive ketones (excluding diaryl/α,β-unsaturated/α-hetero) is 1. The average Bonchev–Trinajstić information content (AvgIpc) is 2.40. The molecule has 0 aliphatic heterocycles. The molecule has 2 fully saturated rings. The van der Waals surface area contributed by atoms with Crippen molar-refractivity contribution in [2.75, 3.05) is 0 Å². The molecule has 82 valence electrons. The van der Waals surface area contributed by atoms with Gasteiger partial charge in [-0.2, -0.15) is 0 Å². The predicted octanol–water partition coefficient (Wildman–Crippen LogP) is 1.42. The first-order valence-corrected chi connectivity index (χ1v) is 5.36. The number of fused-ring (bicyclic) bond motifs is 2. The largest absolute Gasteiger partial charge is 0.366 e. The van der Waals surface area contributed by atoms with Crippen molar-refractivity contribution in [2.24, 2.45) is 22.5 Å². The number of ketones is 1. The fraction of sp³-hybridized carbons (Fsp3) is 0.667. The molecule has 2 saturated carbocycles. The van der Waals surface area contributed by atoms with Crippen molar-refractivity contribution in [1.29, 1.82) is 0 Å². The molecule has 2 N–H and O–H groups in total. The third-order valence-corrected chi connectivity index (χ3v) is 4.66. The van der Waals surface area contributed by atoms with Gasteiger partial charge in [-0.25, -0.2) is 0 Å². The maximum Gasteiger partial charge on any atom is 0.241 e. The Hall–Kier alpha value is -1.12. The number of allylic oxidation sites excluding steroid dienone is 1. The first-order chi connectivity index (χ1) is 6.80. The number of amides is 1. The second kappa shape index (κ2) is 2.71. The number of rotatable bonds is 1. The van der Waals surface area contributed by atoms with Crippen LogP contribution in [-0.2, 0) is 9.59 Å². The van der Waals surface area contributed by atoms with Crippen LogP contribution in [0.4, 0.5) is 0 Å². The molecule has 0 aromatic carbocycles. The van der Waals surface area contributed by atoms with Crippen molar-refractivity contribution < 1.29 is 9.59 Å². The van der Waals surface area contributed by atoms with E-state index in [1.54, 1.807) is 0 Å². The van der Waals surface area contributed by atoms with E-state index in [1.807, 2.05) is 6.92 Å². The standard InChI is InChI=1S/C12H17NO2/c1-11(2)8-4-5-12(11,3)10(15)7(8)6-9(13)14/h6,8H,4-5H2,1-3H3,(H2,13,14)/t8-,12+/m0/s1. The van der Waals surface area contributed by atoms with E-state index in [9.17, 15) is 9.59 Å². The van der Waals surface area contributed by atoms with Crippen molar-refractivity contribution in [1.82, 2.24) is 0 Å². The summed E-state index contributed by atoms with van der Waals surface area (Å²) in [6, 6.07) is 0. The van der Waals surface area contributed by atoms with Crippen LogP contribution in [0.25, 0.3) is 0 Å². The van der Waals surface area contributed by atoms with Gasteiger partial charge in [0, 0.05) is 17.1 Å². The molecule has 2 bridgehead atoms. The fourth-order valence-electron chi connectivity index (χ4n) is 3.25. The highest BCUT2D eigenvalue weighted by atomic mass is 16.1. The Morgan fingerprint density at radius 1 is 1.47 bits per heavy atom. The van der Waals surface area contributed by atoms with Crippen LogP contribution >= 0.6 is 0 Å². The van der Waals surface area contributed by atoms with Crippen molar-refractivity contribution in [3.8, 4) is 0 Å². The Morgan fingerprint density at radius 3 is 2.47 bits per heavy atom. The van der Waals surface area contributed by atoms with Crippen molar-refractivity contribution in [3.05, 3.63) is 11.6 Å². The van der Waals surface area contributed by atoms with Gasteiger partial charge in [0.15, 0.2) is 5.78 Å². The normalized spacial score (nSPS) is 40.1. The summed E-state index contributed by atoms with van der Waals surface area (Å²) in [4.78, 5) is 23.0. The molecule has 0 aromatic heterocycles. The smallest absolute Gasteiger partial charge is 0.241 e. The molecule has 2 aliphatic carbocycles. The monoisotopic (exact) mass is 207 g/mol. The molecule has 2 rings (SSSR count). The number of carbonyl (C=O) groups excluding carboxylic acids is 2. The van der Waals surface area contributed by atoms with Gasteiger partial charge in [-0.05, 0) is 24.2 Å². The molecule has 3 nitrogen and oxygen atoms in total. The van der Waals surface area contributed by atoms with Gasteiger partial charge >= 0.3 is 0 Å². The Morgan fingerprint density at radius 2 is 2.07 bits per heavy atom. The summed E-state index contributed by atoms with van der Waals surface area (Å²) in [6.07, 6.45) is 3.26.